The lowest BCUT2D eigenvalue weighted by molar-refractivity contribution is -0.248. The third kappa shape index (κ3) is 3.91. The van der Waals surface area contributed by atoms with Crippen LogP contribution in [-0.2, 0) is 4.74 Å². The van der Waals surface area contributed by atoms with Gasteiger partial charge < -0.3 is 19.5 Å². The number of alkyl halides is 1. The fraction of sp³-hybridized carbons (Fsp3) is 0.250. The number of rotatable bonds is 4. The number of carbonyl (C=O) groups is 1. The first kappa shape index (κ1) is 13.8. The van der Waals surface area contributed by atoms with E-state index < -0.39 is 16.4 Å². The van der Waals surface area contributed by atoms with Crippen molar-refractivity contribution in [1.82, 2.24) is 0 Å². The van der Waals surface area contributed by atoms with Crippen LogP contribution in [0.4, 0.5) is 10.5 Å². The topological polar surface area (TPSA) is 52.6 Å². The Labute approximate surface area is 114 Å². The molecule has 2 unspecified atom stereocenters. The first-order valence-electron chi connectivity index (χ1n) is 4.87. The number of anilines is 1. The lowest BCUT2D eigenvalue weighted by Crippen LogP contribution is -2.48. The van der Waals surface area contributed by atoms with Crippen molar-refractivity contribution in [2.24, 2.45) is 0 Å². The van der Waals surface area contributed by atoms with Crippen LogP contribution in [0.1, 0.15) is 6.92 Å². The van der Waals surface area contributed by atoms with E-state index >= 15 is 0 Å². The quantitative estimate of drug-likeness (QED) is 0.361. The van der Waals surface area contributed by atoms with Crippen LogP contribution >= 0.6 is 22.6 Å². The van der Waals surface area contributed by atoms with E-state index in [-0.39, 0.29) is 0 Å². The molecule has 90 valence electrons. The van der Waals surface area contributed by atoms with Crippen molar-refractivity contribution >= 4 is 34.4 Å². The normalized spacial score (nSPS) is 13.5. The van der Waals surface area contributed by atoms with Crippen LogP contribution in [0.25, 0.3) is 0 Å². The second-order valence-electron chi connectivity index (χ2n) is 3.19. The summed E-state index contributed by atoms with van der Waals surface area (Å²) in [6, 6.07) is 8.59. The van der Waals surface area contributed by atoms with Crippen LogP contribution in [0.3, 0.4) is 0 Å². The SMILES string of the molecule is C#CC(I)OC(C)N(C(=O)[O-])c1ccccc1. The highest BCUT2D eigenvalue weighted by Crippen LogP contribution is 2.18. The third-order valence-corrected chi connectivity index (χ3v) is 2.70. The average molecular weight is 344 g/mol. The maximum absolute atomic E-state index is 11.1. The molecule has 5 heteroatoms. The Morgan fingerprint density at radius 3 is 2.59 bits per heavy atom. The Balaban J connectivity index is 2.88. The number of benzene rings is 1. The highest BCUT2D eigenvalue weighted by atomic mass is 127. The summed E-state index contributed by atoms with van der Waals surface area (Å²) in [4.78, 5) is 12.1. The number of terminal acetylenes is 1. The zero-order valence-corrected chi connectivity index (χ0v) is 11.3. The predicted molar refractivity (Wildman–Crippen MR) is 71.5 cm³/mol. The maximum Gasteiger partial charge on any atom is 0.171 e. The highest BCUT2D eigenvalue weighted by molar-refractivity contribution is 14.1. The van der Waals surface area contributed by atoms with E-state index in [2.05, 4.69) is 5.92 Å². The summed E-state index contributed by atoms with van der Waals surface area (Å²) in [7, 11) is 0. The fourth-order valence-corrected chi connectivity index (χ4v) is 1.75. The van der Waals surface area contributed by atoms with Crippen molar-refractivity contribution < 1.29 is 14.6 Å². The van der Waals surface area contributed by atoms with E-state index in [1.54, 1.807) is 37.3 Å². The first-order valence-corrected chi connectivity index (χ1v) is 6.11. The molecule has 0 heterocycles. The molecule has 0 aliphatic heterocycles. The summed E-state index contributed by atoms with van der Waals surface area (Å²) in [5.41, 5.74) is 0.487. The number of carboxylic acid groups (broad SMARTS) is 1. The van der Waals surface area contributed by atoms with Gasteiger partial charge in [-0.15, -0.1) is 6.42 Å². The Morgan fingerprint density at radius 1 is 1.53 bits per heavy atom. The van der Waals surface area contributed by atoms with Crippen LogP contribution < -0.4 is 10.0 Å². The molecule has 0 spiro atoms. The van der Waals surface area contributed by atoms with Gasteiger partial charge in [-0.3, -0.25) is 0 Å². The summed E-state index contributed by atoms with van der Waals surface area (Å²) in [6.07, 6.45) is 3.13. The molecule has 0 aliphatic carbocycles. The molecule has 0 saturated carbocycles. The zero-order valence-electron chi connectivity index (χ0n) is 9.17. The second-order valence-corrected chi connectivity index (χ2v) is 4.32. The van der Waals surface area contributed by atoms with E-state index in [0.717, 1.165) is 4.90 Å². The van der Waals surface area contributed by atoms with Gasteiger partial charge in [0.2, 0.25) is 0 Å². The summed E-state index contributed by atoms with van der Waals surface area (Å²) >= 11 is 1.90. The number of halogens is 1. The molecule has 1 rings (SSSR count). The molecule has 0 N–H and O–H groups in total. The van der Waals surface area contributed by atoms with Crippen molar-refractivity contribution in [3.05, 3.63) is 30.3 Å². The molecular weight excluding hydrogens is 333 g/mol. The van der Waals surface area contributed by atoms with Gasteiger partial charge in [0, 0.05) is 5.69 Å². The number of amides is 1. The van der Waals surface area contributed by atoms with Crippen LogP contribution in [0, 0.1) is 12.3 Å². The minimum absolute atomic E-state index is 0.487. The Kier molecular flexibility index (Phi) is 5.25. The van der Waals surface area contributed by atoms with Gasteiger partial charge in [-0.25, -0.2) is 0 Å². The summed E-state index contributed by atoms with van der Waals surface area (Å²) < 4.78 is 4.84. The highest BCUT2D eigenvalue weighted by Gasteiger charge is 2.18. The number of nitrogens with zero attached hydrogens (tertiary/aromatic N) is 1. The lowest BCUT2D eigenvalue weighted by Gasteiger charge is -2.31. The molecule has 0 radical (unpaired) electrons. The van der Waals surface area contributed by atoms with Gasteiger partial charge in [0.1, 0.15) is 12.3 Å². The van der Waals surface area contributed by atoms with Crippen LogP contribution in [0.2, 0.25) is 0 Å². The molecule has 4 nitrogen and oxygen atoms in total. The van der Waals surface area contributed by atoms with E-state index in [1.165, 1.54) is 0 Å². The van der Waals surface area contributed by atoms with E-state index in [9.17, 15) is 9.90 Å². The monoisotopic (exact) mass is 344 g/mol. The van der Waals surface area contributed by atoms with E-state index in [1.807, 2.05) is 22.6 Å². The summed E-state index contributed by atoms with van der Waals surface area (Å²) in [6.45, 7) is 1.60. The molecule has 0 aromatic heterocycles. The van der Waals surface area contributed by atoms with Crippen molar-refractivity contribution in [2.45, 2.75) is 17.3 Å². The van der Waals surface area contributed by atoms with Gasteiger partial charge >= 0.3 is 0 Å². The molecule has 1 aromatic carbocycles. The molecule has 1 amide bonds. The standard InChI is InChI=1S/C12H12INO3/c1-3-11(13)17-9(2)14(12(15)16)10-7-5-4-6-8-10/h1,4-9,11H,2H3,(H,15,16)/p-1. The van der Waals surface area contributed by atoms with Gasteiger partial charge in [-0.1, -0.05) is 24.1 Å². The van der Waals surface area contributed by atoms with Crippen molar-refractivity contribution in [1.29, 1.82) is 0 Å². The van der Waals surface area contributed by atoms with Crippen molar-refractivity contribution in [2.75, 3.05) is 4.90 Å². The van der Waals surface area contributed by atoms with Crippen LogP contribution in [-0.4, -0.2) is 16.4 Å². The smallest absolute Gasteiger partial charge is 0.171 e. The van der Waals surface area contributed by atoms with Crippen LogP contribution in [0.15, 0.2) is 30.3 Å². The van der Waals surface area contributed by atoms with Crippen molar-refractivity contribution in [3.8, 4) is 12.3 Å². The molecule has 17 heavy (non-hydrogen) atoms. The molecule has 0 saturated heterocycles. The number of hydrogen-bond donors (Lipinski definition) is 0. The number of ether oxygens (including phenoxy) is 1. The van der Waals surface area contributed by atoms with Gasteiger partial charge in [-0.05, 0) is 41.6 Å². The lowest BCUT2D eigenvalue weighted by atomic mass is 10.3. The molecule has 0 bridgehead atoms. The number of carbonyl (C=O) groups excluding carboxylic acids is 1. The van der Waals surface area contributed by atoms with Crippen molar-refractivity contribution in [3.63, 3.8) is 0 Å². The maximum atomic E-state index is 11.1. The predicted octanol–water partition coefficient (Wildman–Crippen LogP) is 1.59. The minimum atomic E-state index is -1.33. The molecule has 2 atom stereocenters. The third-order valence-electron chi connectivity index (χ3n) is 2.04. The van der Waals surface area contributed by atoms with Gasteiger partial charge in [-0.2, -0.15) is 0 Å². The Bertz CT molecular complexity index is 416. The molecular formula is C12H11INO3-. The van der Waals surface area contributed by atoms with Gasteiger partial charge in [0.15, 0.2) is 4.11 Å². The summed E-state index contributed by atoms with van der Waals surface area (Å²) in [5, 5.41) is 11.1. The first-order chi connectivity index (χ1) is 8.06. The molecule has 0 fully saturated rings. The average Bonchev–Trinajstić information content (AvgIpc) is 2.29. The molecule has 0 aliphatic rings. The van der Waals surface area contributed by atoms with Gasteiger partial charge in [0.05, 0.1) is 0 Å². The minimum Gasteiger partial charge on any atom is -0.530 e. The second kappa shape index (κ2) is 6.47. The Morgan fingerprint density at radius 2 is 2.12 bits per heavy atom. The number of para-hydroxylation sites is 1. The van der Waals surface area contributed by atoms with Gasteiger partial charge in [0.25, 0.3) is 0 Å². The fourth-order valence-electron chi connectivity index (χ4n) is 1.33. The zero-order chi connectivity index (χ0) is 12.8. The van der Waals surface area contributed by atoms with Crippen LogP contribution in [0.5, 0.6) is 0 Å². The van der Waals surface area contributed by atoms with E-state index in [4.69, 9.17) is 11.2 Å². The Hall–Kier alpha value is -1.26. The molecule has 1 aromatic rings. The number of hydrogen-bond acceptors (Lipinski definition) is 3. The van der Waals surface area contributed by atoms with E-state index in [0.29, 0.717) is 5.69 Å². The summed E-state index contributed by atoms with van der Waals surface area (Å²) in [5.74, 6) is 2.37. The largest absolute Gasteiger partial charge is 0.530 e.